The first-order valence-corrected chi connectivity index (χ1v) is 11.6. The van der Waals surface area contributed by atoms with Gasteiger partial charge in [-0.15, -0.1) is 29.6 Å². The highest BCUT2D eigenvalue weighted by Crippen LogP contribution is 2.31. The molecule has 11 heteroatoms. The fourth-order valence-corrected chi connectivity index (χ4v) is 5.15. The molecule has 3 rings (SSSR count). The van der Waals surface area contributed by atoms with Crippen LogP contribution in [0.5, 0.6) is 0 Å². The van der Waals surface area contributed by atoms with Gasteiger partial charge in [-0.3, -0.25) is 10.1 Å². The molecule has 3 aromatic rings. The van der Waals surface area contributed by atoms with E-state index in [4.69, 9.17) is 4.42 Å². The van der Waals surface area contributed by atoms with Gasteiger partial charge in [0, 0.05) is 18.7 Å². The second-order valence-corrected chi connectivity index (χ2v) is 10.3. The second-order valence-electron chi connectivity index (χ2n) is 5.89. The van der Waals surface area contributed by atoms with E-state index in [-0.39, 0.29) is 35.5 Å². The molecule has 0 radical (unpaired) electrons. The number of rotatable bonds is 9. The SMILES string of the molecule is C=CCN(CC=C)S(=O)(=O)c1ccc(C(=O)Nc2nnc(-c3ccc(Br)s3)o2)cc1. The number of thiophene rings is 1. The minimum atomic E-state index is -3.74. The quantitative estimate of drug-likeness (QED) is 0.434. The van der Waals surface area contributed by atoms with Crippen LogP contribution < -0.4 is 5.32 Å². The summed E-state index contributed by atoms with van der Waals surface area (Å²) in [5.74, 6) is -0.220. The van der Waals surface area contributed by atoms with Gasteiger partial charge in [-0.25, -0.2) is 8.42 Å². The summed E-state index contributed by atoms with van der Waals surface area (Å²) in [6, 6.07) is 9.17. The summed E-state index contributed by atoms with van der Waals surface area (Å²) >= 11 is 4.77. The molecule has 1 N–H and O–H groups in total. The zero-order valence-corrected chi connectivity index (χ0v) is 18.8. The summed E-state index contributed by atoms with van der Waals surface area (Å²) in [5.41, 5.74) is 0.242. The smallest absolute Gasteiger partial charge is 0.322 e. The van der Waals surface area contributed by atoms with Gasteiger partial charge in [-0.2, -0.15) is 4.31 Å². The van der Waals surface area contributed by atoms with Crippen molar-refractivity contribution in [2.24, 2.45) is 0 Å². The number of amides is 1. The standard InChI is InChI=1S/C19H17BrN4O4S2/c1-3-11-24(12-4-2)30(26,27)14-7-5-13(6-8-14)17(25)21-19-23-22-18(28-19)15-9-10-16(20)29-15/h3-10H,1-2,11-12H2,(H,21,23,25). The number of nitrogens with one attached hydrogen (secondary N) is 1. The van der Waals surface area contributed by atoms with E-state index in [0.29, 0.717) is 0 Å². The maximum Gasteiger partial charge on any atom is 0.322 e. The second kappa shape index (κ2) is 9.47. The Balaban J connectivity index is 1.73. The van der Waals surface area contributed by atoms with Gasteiger partial charge < -0.3 is 4.42 Å². The molecule has 1 amide bonds. The lowest BCUT2D eigenvalue weighted by atomic mass is 10.2. The van der Waals surface area contributed by atoms with E-state index >= 15 is 0 Å². The van der Waals surface area contributed by atoms with Gasteiger partial charge in [0.1, 0.15) is 0 Å². The van der Waals surface area contributed by atoms with Gasteiger partial charge in [0.2, 0.25) is 10.0 Å². The molecule has 0 aliphatic rings. The van der Waals surface area contributed by atoms with Crippen molar-refractivity contribution in [2.75, 3.05) is 18.4 Å². The summed E-state index contributed by atoms with van der Waals surface area (Å²) in [7, 11) is -3.74. The molecule has 0 spiro atoms. The topological polar surface area (TPSA) is 105 Å². The van der Waals surface area contributed by atoms with Crippen LogP contribution in [0.25, 0.3) is 10.8 Å². The van der Waals surface area contributed by atoms with Crippen molar-refractivity contribution >= 4 is 49.2 Å². The fourth-order valence-electron chi connectivity index (χ4n) is 2.46. The molecule has 30 heavy (non-hydrogen) atoms. The largest absolute Gasteiger partial charge is 0.402 e. The predicted molar refractivity (Wildman–Crippen MR) is 119 cm³/mol. The zero-order chi connectivity index (χ0) is 21.7. The maximum atomic E-state index is 12.7. The molecule has 8 nitrogen and oxygen atoms in total. The Morgan fingerprint density at radius 1 is 1.13 bits per heavy atom. The van der Waals surface area contributed by atoms with Crippen molar-refractivity contribution < 1.29 is 17.6 Å². The molecule has 156 valence electrons. The maximum absolute atomic E-state index is 12.7. The molecule has 0 atom stereocenters. The number of sulfonamides is 1. The lowest BCUT2D eigenvalue weighted by Gasteiger charge is -2.19. The molecule has 0 aliphatic carbocycles. The Morgan fingerprint density at radius 2 is 1.80 bits per heavy atom. The number of anilines is 1. The van der Waals surface area contributed by atoms with E-state index in [2.05, 4.69) is 44.6 Å². The molecule has 0 bridgehead atoms. The van der Waals surface area contributed by atoms with Crippen LogP contribution in [-0.2, 0) is 10.0 Å². The first-order chi connectivity index (χ1) is 14.3. The van der Waals surface area contributed by atoms with Gasteiger partial charge in [0.15, 0.2) is 0 Å². The summed E-state index contributed by atoms with van der Waals surface area (Å²) in [6.45, 7) is 7.45. The highest BCUT2D eigenvalue weighted by molar-refractivity contribution is 9.11. The number of benzene rings is 1. The Morgan fingerprint density at radius 3 is 2.37 bits per heavy atom. The molecule has 1 aromatic carbocycles. The molecule has 0 unspecified atom stereocenters. The minimum absolute atomic E-state index is 0.0561. The van der Waals surface area contributed by atoms with E-state index in [1.54, 1.807) is 0 Å². The van der Waals surface area contributed by atoms with Crippen molar-refractivity contribution in [1.82, 2.24) is 14.5 Å². The summed E-state index contributed by atoms with van der Waals surface area (Å²) in [4.78, 5) is 13.3. The van der Waals surface area contributed by atoms with Crippen molar-refractivity contribution in [2.45, 2.75) is 4.90 Å². The molecular weight excluding hydrogens is 492 g/mol. The highest BCUT2D eigenvalue weighted by Gasteiger charge is 2.23. The zero-order valence-electron chi connectivity index (χ0n) is 15.6. The van der Waals surface area contributed by atoms with Crippen LogP contribution in [0.2, 0.25) is 0 Å². The molecule has 2 aromatic heterocycles. The van der Waals surface area contributed by atoms with E-state index in [0.717, 1.165) is 8.66 Å². The predicted octanol–water partition coefficient (Wildman–Crippen LogP) is 4.18. The van der Waals surface area contributed by atoms with Crippen molar-refractivity contribution in [3.8, 4) is 10.8 Å². The molecule has 0 saturated heterocycles. The van der Waals surface area contributed by atoms with E-state index in [1.165, 1.54) is 52.1 Å². The van der Waals surface area contributed by atoms with Gasteiger partial charge in [-0.1, -0.05) is 17.3 Å². The van der Waals surface area contributed by atoms with Crippen molar-refractivity contribution in [3.63, 3.8) is 0 Å². The third kappa shape index (κ3) is 4.93. The van der Waals surface area contributed by atoms with Crippen LogP contribution >= 0.6 is 27.3 Å². The molecule has 0 fully saturated rings. The number of nitrogens with zero attached hydrogens (tertiary/aromatic N) is 3. The van der Waals surface area contributed by atoms with Crippen LogP contribution in [0.1, 0.15) is 10.4 Å². The lowest BCUT2D eigenvalue weighted by Crippen LogP contribution is -2.31. The van der Waals surface area contributed by atoms with Crippen LogP contribution in [0.3, 0.4) is 0 Å². The summed E-state index contributed by atoms with van der Waals surface area (Å²) in [5, 5.41) is 10.2. The Hall–Kier alpha value is -2.60. The average Bonchev–Trinajstić information content (AvgIpc) is 3.36. The minimum Gasteiger partial charge on any atom is -0.402 e. The Kier molecular flexibility index (Phi) is 6.98. The number of hydrogen-bond acceptors (Lipinski definition) is 7. The number of carbonyl (C=O) groups is 1. The normalized spacial score (nSPS) is 11.4. The number of aromatic nitrogens is 2. The molecule has 0 saturated carbocycles. The Labute approximate surface area is 186 Å². The third-order valence-electron chi connectivity index (χ3n) is 3.85. The first kappa shape index (κ1) is 22.1. The molecule has 0 aliphatic heterocycles. The number of carbonyl (C=O) groups excluding carboxylic acids is 1. The fraction of sp³-hybridized carbons (Fsp3) is 0.105. The van der Waals surface area contributed by atoms with Gasteiger partial charge in [-0.05, 0) is 52.3 Å². The average molecular weight is 509 g/mol. The van der Waals surface area contributed by atoms with Gasteiger partial charge in [0.05, 0.1) is 13.6 Å². The van der Waals surface area contributed by atoms with E-state index < -0.39 is 15.9 Å². The van der Waals surface area contributed by atoms with Gasteiger partial charge >= 0.3 is 6.01 Å². The van der Waals surface area contributed by atoms with Crippen LogP contribution in [0.4, 0.5) is 6.01 Å². The van der Waals surface area contributed by atoms with Crippen molar-refractivity contribution in [1.29, 1.82) is 0 Å². The Bertz CT molecular complexity index is 1160. The summed E-state index contributed by atoms with van der Waals surface area (Å²) in [6.07, 6.45) is 2.99. The van der Waals surface area contributed by atoms with Crippen molar-refractivity contribution in [3.05, 3.63) is 71.1 Å². The van der Waals surface area contributed by atoms with Crippen LogP contribution in [0, 0.1) is 0 Å². The number of halogens is 1. The summed E-state index contributed by atoms with van der Waals surface area (Å²) < 4.78 is 33.0. The third-order valence-corrected chi connectivity index (χ3v) is 7.31. The number of hydrogen-bond donors (Lipinski definition) is 1. The van der Waals surface area contributed by atoms with E-state index in [9.17, 15) is 13.2 Å². The molecular formula is C19H17BrN4O4S2. The van der Waals surface area contributed by atoms with E-state index in [1.807, 2.05) is 12.1 Å². The van der Waals surface area contributed by atoms with Gasteiger partial charge in [0.25, 0.3) is 11.8 Å². The lowest BCUT2D eigenvalue weighted by molar-refractivity contribution is 0.102. The first-order valence-electron chi connectivity index (χ1n) is 8.57. The van der Waals surface area contributed by atoms with Crippen LogP contribution in [-0.4, -0.2) is 41.9 Å². The molecule has 2 heterocycles. The van der Waals surface area contributed by atoms with Crippen LogP contribution in [0.15, 0.2) is 74.8 Å². The highest BCUT2D eigenvalue weighted by atomic mass is 79.9. The monoisotopic (exact) mass is 508 g/mol.